The fourth-order valence-electron chi connectivity index (χ4n) is 5.68. The monoisotopic (exact) mass is 665 g/mol. The minimum absolute atomic E-state index is 0.0563. The molecule has 1 aliphatic heterocycles. The lowest BCUT2D eigenvalue weighted by Gasteiger charge is -2.21. The number of methoxy groups -OCH3 is 1. The molecule has 3 aromatic heterocycles. The van der Waals surface area contributed by atoms with Crippen molar-refractivity contribution in [3.8, 4) is 33.6 Å². The number of benzene rings is 2. The Morgan fingerprint density at radius 2 is 1.98 bits per heavy atom. The lowest BCUT2D eigenvalue weighted by atomic mass is 10.1. The van der Waals surface area contributed by atoms with Crippen molar-refractivity contribution in [2.24, 2.45) is 5.10 Å². The van der Waals surface area contributed by atoms with Gasteiger partial charge in [0.1, 0.15) is 27.4 Å². The number of hydrogen-bond donors (Lipinski definition) is 2. The van der Waals surface area contributed by atoms with Gasteiger partial charge in [0, 0.05) is 58.3 Å². The number of alkyl halides is 3. The van der Waals surface area contributed by atoms with Gasteiger partial charge in [-0.3, -0.25) is 10.3 Å². The molecule has 14 heteroatoms. The van der Waals surface area contributed by atoms with E-state index in [2.05, 4.69) is 26.5 Å². The molecule has 0 radical (unpaired) electrons. The van der Waals surface area contributed by atoms with Crippen LogP contribution in [0.2, 0.25) is 0 Å². The van der Waals surface area contributed by atoms with Gasteiger partial charge in [-0.05, 0) is 68.8 Å². The standard InChI is InChI=1S/C32H30F3N7O2S2/c1-3-41-16-25(24-13-20(8-11-26(24)41)30-37-21(18-45-30)15-42-12-4-5-22(42)17-43)29(32(33,34)35)39-40-31-38-28(27(14-36)46-31)19-6-9-23(44-2)10-7-19/h6-11,13,16,18,22,43H,3-5,12,15,17H2,1-2H3,(H,38,40)/b39-29-/t22-/m0/s1. The van der Waals surface area contributed by atoms with Gasteiger partial charge in [-0.15, -0.1) is 11.3 Å². The van der Waals surface area contributed by atoms with Gasteiger partial charge in [-0.2, -0.15) is 23.5 Å². The summed E-state index contributed by atoms with van der Waals surface area (Å²) in [7, 11) is 1.54. The smallest absolute Gasteiger partial charge is 0.435 e. The van der Waals surface area contributed by atoms with Crippen molar-refractivity contribution in [1.82, 2.24) is 19.4 Å². The summed E-state index contributed by atoms with van der Waals surface area (Å²) in [5.74, 6) is 0.623. The van der Waals surface area contributed by atoms with Gasteiger partial charge in [-0.1, -0.05) is 11.3 Å². The molecule has 4 heterocycles. The number of thiazole rings is 2. The highest BCUT2D eigenvalue weighted by Crippen LogP contribution is 2.35. The molecule has 0 spiro atoms. The van der Waals surface area contributed by atoms with E-state index in [4.69, 9.17) is 9.72 Å². The van der Waals surface area contributed by atoms with Crippen LogP contribution in [0.5, 0.6) is 5.75 Å². The normalized spacial score (nSPS) is 15.8. The molecule has 6 rings (SSSR count). The Morgan fingerprint density at radius 1 is 1.20 bits per heavy atom. The van der Waals surface area contributed by atoms with E-state index in [0.29, 0.717) is 51.6 Å². The Kier molecular flexibility index (Phi) is 9.10. The molecule has 46 heavy (non-hydrogen) atoms. The number of halogens is 3. The average molecular weight is 666 g/mol. The van der Waals surface area contributed by atoms with Crippen LogP contribution < -0.4 is 10.2 Å². The number of aryl methyl sites for hydroxylation is 1. The van der Waals surface area contributed by atoms with Crippen LogP contribution in [0.25, 0.3) is 32.7 Å². The Balaban J connectivity index is 1.33. The van der Waals surface area contributed by atoms with E-state index < -0.39 is 11.9 Å². The molecule has 2 N–H and O–H groups in total. The second-order valence-corrected chi connectivity index (χ2v) is 12.6. The molecule has 1 atom stereocenters. The lowest BCUT2D eigenvalue weighted by Crippen LogP contribution is -2.31. The minimum Gasteiger partial charge on any atom is -0.497 e. The number of nitriles is 1. The number of aliphatic hydroxyl groups is 1. The number of likely N-dealkylation sites (tertiary alicyclic amines) is 1. The first-order valence-electron chi connectivity index (χ1n) is 14.6. The van der Waals surface area contributed by atoms with E-state index >= 15 is 0 Å². The summed E-state index contributed by atoms with van der Waals surface area (Å²) in [6.07, 6.45) is -1.36. The summed E-state index contributed by atoms with van der Waals surface area (Å²) in [6.45, 7) is 3.94. The van der Waals surface area contributed by atoms with Crippen molar-refractivity contribution in [2.75, 3.05) is 25.7 Å². The van der Waals surface area contributed by atoms with Crippen LogP contribution in [0.1, 0.15) is 35.9 Å². The van der Waals surface area contributed by atoms with E-state index in [1.807, 2.05) is 24.4 Å². The van der Waals surface area contributed by atoms with Crippen LogP contribution in [-0.4, -0.2) is 62.7 Å². The van der Waals surface area contributed by atoms with Crippen molar-refractivity contribution in [1.29, 1.82) is 5.26 Å². The third kappa shape index (κ3) is 6.36. The van der Waals surface area contributed by atoms with Crippen molar-refractivity contribution < 1.29 is 23.0 Å². The zero-order valence-electron chi connectivity index (χ0n) is 25.0. The number of anilines is 1. The maximum atomic E-state index is 14.6. The predicted molar refractivity (Wildman–Crippen MR) is 174 cm³/mol. The summed E-state index contributed by atoms with van der Waals surface area (Å²) in [4.78, 5) is 11.6. The van der Waals surface area contributed by atoms with Crippen LogP contribution >= 0.6 is 22.7 Å². The van der Waals surface area contributed by atoms with E-state index in [-0.39, 0.29) is 28.2 Å². The summed E-state index contributed by atoms with van der Waals surface area (Å²) in [5, 5.41) is 26.3. The highest BCUT2D eigenvalue weighted by molar-refractivity contribution is 7.16. The Hall–Kier alpha value is -4.29. The van der Waals surface area contributed by atoms with Gasteiger partial charge < -0.3 is 14.4 Å². The molecule has 2 aromatic carbocycles. The van der Waals surface area contributed by atoms with Crippen LogP contribution in [0, 0.1) is 11.3 Å². The number of nitrogens with one attached hydrogen (secondary N) is 1. The number of aliphatic hydroxyl groups excluding tert-OH is 1. The Bertz CT molecular complexity index is 1920. The highest BCUT2D eigenvalue weighted by Gasteiger charge is 2.39. The molecule has 9 nitrogen and oxygen atoms in total. The minimum atomic E-state index is -4.79. The Morgan fingerprint density at radius 3 is 2.67 bits per heavy atom. The van der Waals surface area contributed by atoms with Crippen molar-refractivity contribution >= 4 is 44.4 Å². The van der Waals surface area contributed by atoms with Crippen molar-refractivity contribution in [3.05, 3.63) is 70.2 Å². The van der Waals surface area contributed by atoms with Gasteiger partial charge in [0.2, 0.25) is 5.13 Å². The number of fused-ring (bicyclic) bond motifs is 1. The molecule has 238 valence electrons. The van der Waals surface area contributed by atoms with Gasteiger partial charge in [0.05, 0.1) is 19.4 Å². The summed E-state index contributed by atoms with van der Waals surface area (Å²) >= 11 is 2.36. The van der Waals surface area contributed by atoms with E-state index in [1.165, 1.54) is 24.6 Å². The first-order valence-corrected chi connectivity index (χ1v) is 16.3. The van der Waals surface area contributed by atoms with Crippen LogP contribution in [0.4, 0.5) is 18.3 Å². The second-order valence-electron chi connectivity index (χ2n) is 10.8. The molecule has 1 saturated heterocycles. The molecule has 0 bridgehead atoms. The first-order chi connectivity index (χ1) is 22.2. The molecular formula is C32H30F3N7O2S2. The maximum absolute atomic E-state index is 14.6. The molecule has 1 fully saturated rings. The van der Waals surface area contributed by atoms with Crippen LogP contribution in [0.3, 0.4) is 0 Å². The highest BCUT2D eigenvalue weighted by atomic mass is 32.1. The third-order valence-electron chi connectivity index (χ3n) is 7.97. The summed E-state index contributed by atoms with van der Waals surface area (Å²) in [6, 6.07) is 14.5. The van der Waals surface area contributed by atoms with Gasteiger partial charge in [0.15, 0.2) is 5.71 Å². The zero-order valence-corrected chi connectivity index (χ0v) is 26.6. The van der Waals surface area contributed by atoms with Crippen LogP contribution in [0.15, 0.2) is 59.1 Å². The maximum Gasteiger partial charge on any atom is 0.435 e. The fourth-order valence-corrected chi connectivity index (χ4v) is 7.21. The van der Waals surface area contributed by atoms with Crippen molar-refractivity contribution in [2.45, 2.75) is 45.1 Å². The SMILES string of the molecule is CCn1cc(/C(=N/Nc2nc(-c3ccc(OC)cc3)c(C#N)s2)C(F)(F)F)c2cc(-c3nc(CN4CCC[C@H]4CO)cs3)ccc21. The van der Waals surface area contributed by atoms with E-state index in [9.17, 15) is 23.5 Å². The number of aromatic nitrogens is 3. The molecule has 1 aliphatic rings. The number of hydrogen-bond acceptors (Lipinski definition) is 10. The predicted octanol–water partition coefficient (Wildman–Crippen LogP) is 7.12. The number of nitrogens with zero attached hydrogens (tertiary/aromatic N) is 6. The van der Waals surface area contributed by atoms with Gasteiger partial charge >= 0.3 is 6.18 Å². The van der Waals surface area contributed by atoms with Crippen molar-refractivity contribution in [3.63, 3.8) is 0 Å². The Labute approximate surface area is 271 Å². The van der Waals surface area contributed by atoms with Crippen LogP contribution in [-0.2, 0) is 13.1 Å². The lowest BCUT2D eigenvalue weighted by molar-refractivity contribution is -0.0580. The molecule has 5 aromatic rings. The first kappa shape index (κ1) is 31.7. The molecule has 0 saturated carbocycles. The van der Waals surface area contributed by atoms with Gasteiger partial charge in [0.25, 0.3) is 0 Å². The molecular weight excluding hydrogens is 636 g/mol. The van der Waals surface area contributed by atoms with Gasteiger partial charge in [-0.25, -0.2) is 9.97 Å². The summed E-state index contributed by atoms with van der Waals surface area (Å²) < 4.78 is 50.8. The molecule has 0 unspecified atom stereocenters. The zero-order chi connectivity index (χ0) is 32.4. The number of hydrazone groups is 1. The number of rotatable bonds is 10. The fraction of sp³-hybridized carbons (Fsp3) is 0.312. The largest absolute Gasteiger partial charge is 0.497 e. The number of ether oxygens (including phenoxy) is 1. The molecule has 0 aliphatic carbocycles. The van der Waals surface area contributed by atoms with E-state index in [1.54, 1.807) is 34.9 Å². The molecule has 0 amide bonds. The quantitative estimate of drug-likeness (QED) is 0.121. The average Bonchev–Trinajstić information content (AvgIpc) is 3.86. The third-order valence-corrected chi connectivity index (χ3v) is 9.78. The second kappa shape index (κ2) is 13.2. The van der Waals surface area contributed by atoms with E-state index in [0.717, 1.165) is 36.4 Å². The topological polar surface area (TPSA) is 112 Å². The summed E-state index contributed by atoms with van der Waals surface area (Å²) in [5.41, 5.74) is 4.47.